The fourth-order valence-electron chi connectivity index (χ4n) is 2.25. The molecular weight excluding hydrogens is 246 g/mol. The van der Waals surface area contributed by atoms with Crippen LogP contribution in [0.4, 0.5) is 0 Å². The van der Waals surface area contributed by atoms with E-state index in [2.05, 4.69) is 40.8 Å². The first-order valence-electron chi connectivity index (χ1n) is 6.58. The summed E-state index contributed by atoms with van der Waals surface area (Å²) in [6.07, 6.45) is 11.7. The molecule has 1 aromatic carbocycles. The molecule has 0 spiro atoms. The molecule has 0 radical (unpaired) electrons. The Balaban J connectivity index is 2.34. The second-order valence-electron chi connectivity index (χ2n) is 4.51. The molecule has 0 aliphatic carbocycles. The summed E-state index contributed by atoms with van der Waals surface area (Å²) in [5, 5.41) is 0. The van der Waals surface area contributed by atoms with Crippen LogP contribution in [0.25, 0.3) is 0 Å². The van der Waals surface area contributed by atoms with Crippen LogP contribution in [-0.4, -0.2) is 9.97 Å². The van der Waals surface area contributed by atoms with Gasteiger partial charge in [0, 0.05) is 17.8 Å². The van der Waals surface area contributed by atoms with Crippen molar-refractivity contribution in [2.75, 3.05) is 0 Å². The van der Waals surface area contributed by atoms with Gasteiger partial charge in [0.2, 0.25) is 0 Å². The number of aromatic amines is 1. The van der Waals surface area contributed by atoms with E-state index in [1.807, 2.05) is 24.4 Å². The SMILES string of the molecule is C=C/C=C(\C=C/N)C(Cc1ccccc1)c1cnc[nH]1. The second kappa shape index (κ2) is 7.14. The van der Waals surface area contributed by atoms with Gasteiger partial charge in [0.1, 0.15) is 0 Å². The lowest BCUT2D eigenvalue weighted by Crippen LogP contribution is -2.06. The summed E-state index contributed by atoms with van der Waals surface area (Å²) in [5.74, 6) is 0.178. The molecule has 0 saturated heterocycles. The number of allylic oxidation sites excluding steroid dienone is 4. The molecule has 3 heteroatoms. The third-order valence-electron chi connectivity index (χ3n) is 3.18. The standard InChI is InChI=1S/C17H19N3/c1-2-6-15(9-10-18)16(17-12-19-13-20-17)11-14-7-4-3-5-8-14/h2-10,12-13,16H,1,11,18H2,(H,19,20)/b10-9-,15-6+. The van der Waals surface area contributed by atoms with Crippen LogP contribution in [0.3, 0.4) is 0 Å². The Morgan fingerprint density at radius 3 is 2.75 bits per heavy atom. The second-order valence-corrected chi connectivity index (χ2v) is 4.51. The summed E-state index contributed by atoms with van der Waals surface area (Å²) in [4.78, 5) is 7.32. The number of rotatable bonds is 6. The molecule has 3 nitrogen and oxygen atoms in total. The highest BCUT2D eigenvalue weighted by molar-refractivity contribution is 5.35. The van der Waals surface area contributed by atoms with Gasteiger partial charge in [0.15, 0.2) is 0 Å². The lowest BCUT2D eigenvalue weighted by atomic mass is 9.89. The maximum absolute atomic E-state index is 5.56. The van der Waals surface area contributed by atoms with Gasteiger partial charge in [-0.2, -0.15) is 0 Å². The number of hydrogen-bond donors (Lipinski definition) is 2. The molecule has 1 unspecified atom stereocenters. The molecule has 2 rings (SSSR count). The molecule has 2 aromatic rings. The molecular formula is C17H19N3. The third-order valence-corrected chi connectivity index (χ3v) is 3.18. The molecule has 0 fully saturated rings. The van der Waals surface area contributed by atoms with Crippen LogP contribution < -0.4 is 5.73 Å². The van der Waals surface area contributed by atoms with E-state index in [4.69, 9.17) is 5.73 Å². The quantitative estimate of drug-likeness (QED) is 0.787. The highest BCUT2D eigenvalue weighted by Crippen LogP contribution is 2.27. The van der Waals surface area contributed by atoms with E-state index in [1.54, 1.807) is 18.6 Å². The zero-order chi connectivity index (χ0) is 14.2. The van der Waals surface area contributed by atoms with Crippen LogP contribution in [0.2, 0.25) is 0 Å². The molecule has 102 valence electrons. The number of imidazole rings is 1. The molecule has 0 aliphatic rings. The third kappa shape index (κ3) is 3.48. The predicted molar refractivity (Wildman–Crippen MR) is 83.1 cm³/mol. The first kappa shape index (κ1) is 13.9. The van der Waals surface area contributed by atoms with Crippen LogP contribution in [0.5, 0.6) is 0 Å². The summed E-state index contributed by atoms with van der Waals surface area (Å²) in [6, 6.07) is 10.4. The number of nitrogens with zero attached hydrogens (tertiary/aromatic N) is 1. The van der Waals surface area contributed by atoms with E-state index in [1.165, 1.54) is 5.56 Å². The minimum Gasteiger partial charge on any atom is -0.405 e. The van der Waals surface area contributed by atoms with Crippen LogP contribution in [-0.2, 0) is 6.42 Å². The molecule has 1 atom stereocenters. The number of aromatic nitrogens is 2. The van der Waals surface area contributed by atoms with E-state index in [9.17, 15) is 0 Å². The Labute approximate surface area is 119 Å². The van der Waals surface area contributed by atoms with Crippen LogP contribution in [0.1, 0.15) is 17.2 Å². The number of nitrogens with two attached hydrogens (primary N) is 1. The zero-order valence-corrected chi connectivity index (χ0v) is 11.4. The topological polar surface area (TPSA) is 54.7 Å². The molecule has 0 aliphatic heterocycles. The Morgan fingerprint density at radius 1 is 1.35 bits per heavy atom. The lowest BCUT2D eigenvalue weighted by Gasteiger charge is -2.17. The monoisotopic (exact) mass is 265 g/mol. The van der Waals surface area contributed by atoms with Gasteiger partial charge in [-0.25, -0.2) is 4.98 Å². The molecule has 0 amide bonds. The van der Waals surface area contributed by atoms with Crippen molar-refractivity contribution >= 4 is 0 Å². The van der Waals surface area contributed by atoms with E-state index >= 15 is 0 Å². The number of hydrogen-bond acceptors (Lipinski definition) is 2. The van der Waals surface area contributed by atoms with Crippen molar-refractivity contribution < 1.29 is 0 Å². The average Bonchev–Trinajstić information content (AvgIpc) is 3.00. The van der Waals surface area contributed by atoms with E-state index in [-0.39, 0.29) is 5.92 Å². The fourth-order valence-corrected chi connectivity index (χ4v) is 2.25. The van der Waals surface area contributed by atoms with Gasteiger partial charge < -0.3 is 10.7 Å². The van der Waals surface area contributed by atoms with Crippen LogP contribution in [0, 0.1) is 0 Å². The number of benzene rings is 1. The first-order valence-corrected chi connectivity index (χ1v) is 6.58. The Hall–Kier alpha value is -2.55. The zero-order valence-electron chi connectivity index (χ0n) is 11.4. The number of H-pyrrole nitrogens is 1. The highest BCUT2D eigenvalue weighted by Gasteiger charge is 2.16. The van der Waals surface area contributed by atoms with Crippen molar-refractivity contribution in [2.45, 2.75) is 12.3 Å². The van der Waals surface area contributed by atoms with Crippen LogP contribution in [0.15, 0.2) is 79.4 Å². The Kier molecular flexibility index (Phi) is 4.95. The summed E-state index contributed by atoms with van der Waals surface area (Å²) in [6.45, 7) is 3.78. The van der Waals surface area contributed by atoms with Crippen molar-refractivity contribution in [1.29, 1.82) is 0 Å². The highest BCUT2D eigenvalue weighted by atomic mass is 14.9. The molecule has 20 heavy (non-hydrogen) atoms. The lowest BCUT2D eigenvalue weighted by molar-refractivity contribution is 0.779. The van der Waals surface area contributed by atoms with E-state index in [0.717, 1.165) is 17.7 Å². The Morgan fingerprint density at radius 2 is 2.15 bits per heavy atom. The fraction of sp³-hybridized carbons (Fsp3) is 0.118. The maximum Gasteiger partial charge on any atom is 0.0921 e. The summed E-state index contributed by atoms with van der Waals surface area (Å²) < 4.78 is 0. The van der Waals surface area contributed by atoms with Crippen molar-refractivity contribution in [2.24, 2.45) is 5.73 Å². The Bertz CT molecular complexity index is 580. The molecule has 0 saturated carbocycles. The van der Waals surface area contributed by atoms with Crippen molar-refractivity contribution in [3.8, 4) is 0 Å². The molecule has 3 N–H and O–H groups in total. The summed E-state index contributed by atoms with van der Waals surface area (Å²) >= 11 is 0. The largest absolute Gasteiger partial charge is 0.405 e. The van der Waals surface area contributed by atoms with Gasteiger partial charge in [-0.1, -0.05) is 49.1 Å². The van der Waals surface area contributed by atoms with Gasteiger partial charge in [0.25, 0.3) is 0 Å². The van der Waals surface area contributed by atoms with E-state index < -0.39 is 0 Å². The predicted octanol–water partition coefficient (Wildman–Crippen LogP) is 3.32. The molecule has 0 bridgehead atoms. The van der Waals surface area contributed by atoms with Gasteiger partial charge >= 0.3 is 0 Å². The number of nitrogens with one attached hydrogen (secondary N) is 1. The van der Waals surface area contributed by atoms with Crippen molar-refractivity contribution in [3.63, 3.8) is 0 Å². The smallest absolute Gasteiger partial charge is 0.0921 e. The average molecular weight is 265 g/mol. The summed E-state index contributed by atoms with van der Waals surface area (Å²) in [5.41, 5.74) is 9.01. The van der Waals surface area contributed by atoms with Gasteiger partial charge in [-0.3, -0.25) is 0 Å². The van der Waals surface area contributed by atoms with Gasteiger partial charge in [-0.05, 0) is 29.8 Å². The maximum atomic E-state index is 5.56. The van der Waals surface area contributed by atoms with Gasteiger partial charge in [0.05, 0.1) is 6.33 Å². The summed E-state index contributed by atoms with van der Waals surface area (Å²) in [7, 11) is 0. The minimum atomic E-state index is 0.178. The van der Waals surface area contributed by atoms with Crippen molar-refractivity contribution in [1.82, 2.24) is 9.97 Å². The van der Waals surface area contributed by atoms with E-state index in [0.29, 0.717) is 0 Å². The first-order chi connectivity index (χ1) is 9.85. The molecule has 1 aromatic heterocycles. The normalized spacial score (nSPS) is 13.5. The van der Waals surface area contributed by atoms with Crippen LogP contribution >= 0.6 is 0 Å². The van der Waals surface area contributed by atoms with Gasteiger partial charge in [-0.15, -0.1) is 0 Å². The minimum absolute atomic E-state index is 0.178. The molecule has 1 heterocycles. The van der Waals surface area contributed by atoms with Crippen molar-refractivity contribution in [3.05, 3.63) is 90.7 Å².